The van der Waals surface area contributed by atoms with Crippen LogP contribution in [0.1, 0.15) is 45.4 Å². The maximum atomic E-state index is 10.6. The fourth-order valence-corrected chi connectivity index (χ4v) is 1.23. The molecule has 0 aromatic rings. The predicted molar refractivity (Wildman–Crippen MR) is 58.9 cm³/mol. The molecule has 0 saturated carbocycles. The second kappa shape index (κ2) is 9.71. The molecular formula is C9H20N2OS. The van der Waals surface area contributed by atoms with Crippen LogP contribution in [0.4, 0.5) is 4.79 Å². The van der Waals surface area contributed by atoms with Crippen molar-refractivity contribution in [1.29, 1.82) is 0 Å². The van der Waals surface area contributed by atoms with Crippen molar-refractivity contribution in [2.45, 2.75) is 45.4 Å². The quantitative estimate of drug-likeness (QED) is 0.433. The fourth-order valence-electron chi connectivity index (χ4n) is 1.15. The highest BCUT2D eigenvalue weighted by atomic mass is 32.1. The highest BCUT2D eigenvalue weighted by molar-refractivity contribution is 7.78. The first-order chi connectivity index (χ1) is 6.31. The van der Waals surface area contributed by atoms with Gasteiger partial charge in [0.2, 0.25) is 0 Å². The molecule has 0 saturated heterocycles. The van der Waals surface area contributed by atoms with Gasteiger partial charge in [-0.05, 0) is 6.42 Å². The van der Waals surface area contributed by atoms with Gasteiger partial charge in [-0.2, -0.15) is 0 Å². The van der Waals surface area contributed by atoms with E-state index in [-0.39, 0.29) is 6.03 Å². The normalized spacial score (nSPS) is 9.69. The number of unbranched alkanes of at least 4 members (excludes halogenated alkanes) is 5. The van der Waals surface area contributed by atoms with Crippen molar-refractivity contribution >= 4 is 18.8 Å². The Morgan fingerprint density at radius 2 is 1.77 bits per heavy atom. The minimum atomic E-state index is -0.211. The molecule has 0 radical (unpaired) electrons. The minimum Gasteiger partial charge on any atom is -0.337 e. The maximum absolute atomic E-state index is 10.6. The third kappa shape index (κ3) is 9.53. The molecule has 0 unspecified atom stereocenters. The average molecular weight is 204 g/mol. The summed E-state index contributed by atoms with van der Waals surface area (Å²) in [5, 5.41) is 2.70. The summed E-state index contributed by atoms with van der Waals surface area (Å²) in [5.41, 5.74) is 0. The van der Waals surface area contributed by atoms with E-state index in [1.165, 1.54) is 32.1 Å². The van der Waals surface area contributed by atoms with Crippen LogP contribution in [0.2, 0.25) is 0 Å². The molecular weight excluding hydrogens is 184 g/mol. The van der Waals surface area contributed by atoms with Gasteiger partial charge < -0.3 is 5.32 Å². The highest BCUT2D eigenvalue weighted by Crippen LogP contribution is 2.03. The van der Waals surface area contributed by atoms with Crippen LogP contribution in [-0.2, 0) is 0 Å². The summed E-state index contributed by atoms with van der Waals surface area (Å²) in [4.78, 5) is 10.6. The topological polar surface area (TPSA) is 41.1 Å². The Morgan fingerprint density at radius 1 is 1.15 bits per heavy atom. The number of amides is 2. The third-order valence-corrected chi connectivity index (χ3v) is 2.12. The molecule has 3 nitrogen and oxygen atoms in total. The second-order valence-electron chi connectivity index (χ2n) is 3.14. The molecule has 0 aliphatic rings. The fraction of sp³-hybridized carbons (Fsp3) is 0.889. The first-order valence-corrected chi connectivity index (χ1v) is 5.44. The van der Waals surface area contributed by atoms with Crippen molar-refractivity contribution in [3.8, 4) is 0 Å². The molecule has 0 aliphatic carbocycles. The SMILES string of the molecule is CCCCCCCCNC(=O)NS. The van der Waals surface area contributed by atoms with E-state index in [9.17, 15) is 4.79 Å². The van der Waals surface area contributed by atoms with Gasteiger partial charge in [0, 0.05) is 6.54 Å². The van der Waals surface area contributed by atoms with Gasteiger partial charge in [-0.25, -0.2) is 4.79 Å². The zero-order chi connectivity index (χ0) is 9.94. The average Bonchev–Trinajstić information content (AvgIpc) is 2.16. The van der Waals surface area contributed by atoms with Crippen LogP contribution in [0.25, 0.3) is 0 Å². The van der Waals surface area contributed by atoms with Gasteiger partial charge >= 0.3 is 6.03 Å². The molecule has 13 heavy (non-hydrogen) atoms. The summed E-state index contributed by atoms with van der Waals surface area (Å²) in [5.74, 6) is 0. The molecule has 0 atom stereocenters. The first kappa shape index (κ1) is 12.6. The van der Waals surface area contributed by atoms with Crippen LogP contribution in [0.5, 0.6) is 0 Å². The molecule has 0 spiro atoms. The van der Waals surface area contributed by atoms with Crippen molar-refractivity contribution in [2.24, 2.45) is 0 Å². The Bertz CT molecular complexity index is 131. The number of carbonyl (C=O) groups excluding carboxylic acids is 1. The third-order valence-electron chi connectivity index (χ3n) is 1.92. The lowest BCUT2D eigenvalue weighted by atomic mass is 10.1. The summed E-state index contributed by atoms with van der Waals surface area (Å²) in [6, 6.07) is -0.211. The van der Waals surface area contributed by atoms with E-state index < -0.39 is 0 Å². The summed E-state index contributed by atoms with van der Waals surface area (Å²) in [6.45, 7) is 2.96. The molecule has 2 N–H and O–H groups in total. The smallest absolute Gasteiger partial charge is 0.324 e. The van der Waals surface area contributed by atoms with Gasteiger partial charge in [-0.3, -0.25) is 4.72 Å². The first-order valence-electron chi connectivity index (χ1n) is 4.99. The van der Waals surface area contributed by atoms with Gasteiger partial charge in [-0.15, -0.1) is 0 Å². The zero-order valence-corrected chi connectivity index (χ0v) is 9.20. The second-order valence-corrected chi connectivity index (χ2v) is 3.36. The molecule has 4 heteroatoms. The van der Waals surface area contributed by atoms with E-state index in [1.54, 1.807) is 0 Å². The molecule has 0 bridgehead atoms. The molecule has 0 fully saturated rings. The van der Waals surface area contributed by atoms with E-state index in [0.717, 1.165) is 13.0 Å². The lowest BCUT2D eigenvalue weighted by molar-refractivity contribution is 0.246. The molecule has 0 aliphatic heterocycles. The van der Waals surface area contributed by atoms with Crippen molar-refractivity contribution in [3.63, 3.8) is 0 Å². The maximum Gasteiger partial charge on any atom is 0.324 e. The number of urea groups is 1. The van der Waals surface area contributed by atoms with Crippen LogP contribution < -0.4 is 10.0 Å². The van der Waals surface area contributed by atoms with E-state index in [2.05, 4.69) is 29.8 Å². The standard InChI is InChI=1S/C9H20N2OS/c1-2-3-4-5-6-7-8-10-9(12)11-13/h13H,2-8H2,1H3,(H2,10,11,12). The van der Waals surface area contributed by atoms with Crippen LogP contribution in [-0.4, -0.2) is 12.6 Å². The Morgan fingerprint density at radius 3 is 2.38 bits per heavy atom. The molecule has 0 aromatic heterocycles. The molecule has 0 aromatic carbocycles. The largest absolute Gasteiger partial charge is 0.337 e. The van der Waals surface area contributed by atoms with E-state index in [4.69, 9.17) is 0 Å². The van der Waals surface area contributed by atoms with Crippen molar-refractivity contribution in [1.82, 2.24) is 10.0 Å². The predicted octanol–water partition coefficient (Wildman–Crippen LogP) is 2.49. The van der Waals surface area contributed by atoms with Gasteiger partial charge in [0.1, 0.15) is 0 Å². The van der Waals surface area contributed by atoms with Crippen LogP contribution >= 0.6 is 12.8 Å². The van der Waals surface area contributed by atoms with Crippen molar-refractivity contribution < 1.29 is 4.79 Å². The molecule has 0 heterocycles. The number of nitrogens with one attached hydrogen (secondary N) is 2. The number of rotatable bonds is 7. The van der Waals surface area contributed by atoms with Gasteiger partial charge in [0.15, 0.2) is 0 Å². The molecule has 78 valence electrons. The summed E-state index contributed by atoms with van der Waals surface area (Å²) in [7, 11) is 0. The Hall–Kier alpha value is -0.380. The van der Waals surface area contributed by atoms with Crippen molar-refractivity contribution in [3.05, 3.63) is 0 Å². The number of hydrogen-bond acceptors (Lipinski definition) is 2. The van der Waals surface area contributed by atoms with E-state index in [0.29, 0.717) is 0 Å². The summed E-state index contributed by atoms with van der Waals surface area (Å²) < 4.78 is 2.22. The Labute approximate surface area is 86.2 Å². The molecule has 0 rings (SSSR count). The van der Waals surface area contributed by atoms with Gasteiger partial charge in [0.25, 0.3) is 0 Å². The van der Waals surface area contributed by atoms with Crippen molar-refractivity contribution in [2.75, 3.05) is 6.54 Å². The van der Waals surface area contributed by atoms with Crippen LogP contribution in [0.15, 0.2) is 0 Å². The summed E-state index contributed by atoms with van der Waals surface area (Å²) in [6.07, 6.45) is 7.45. The van der Waals surface area contributed by atoms with Crippen LogP contribution in [0, 0.1) is 0 Å². The lowest BCUT2D eigenvalue weighted by Crippen LogP contribution is -2.30. The Balaban J connectivity index is 2.95. The minimum absolute atomic E-state index is 0.211. The number of hydrogen-bond donors (Lipinski definition) is 3. The van der Waals surface area contributed by atoms with Gasteiger partial charge in [0.05, 0.1) is 0 Å². The van der Waals surface area contributed by atoms with E-state index in [1.807, 2.05) is 0 Å². The molecule has 2 amide bonds. The van der Waals surface area contributed by atoms with Crippen LogP contribution in [0.3, 0.4) is 0 Å². The number of thiol groups is 1. The summed E-state index contributed by atoms with van der Waals surface area (Å²) >= 11 is 3.62. The number of carbonyl (C=O) groups is 1. The highest BCUT2D eigenvalue weighted by Gasteiger charge is 1.94. The zero-order valence-electron chi connectivity index (χ0n) is 8.31. The monoisotopic (exact) mass is 204 g/mol. The van der Waals surface area contributed by atoms with Gasteiger partial charge in [-0.1, -0.05) is 51.8 Å². The Kier molecular flexibility index (Phi) is 9.42. The van der Waals surface area contributed by atoms with E-state index >= 15 is 0 Å². The lowest BCUT2D eigenvalue weighted by Gasteiger charge is -2.03.